The Balaban J connectivity index is 1.40. The summed E-state index contributed by atoms with van der Waals surface area (Å²) in [7, 11) is 0. The highest BCUT2D eigenvalue weighted by atomic mass is 15.4. The summed E-state index contributed by atoms with van der Waals surface area (Å²) in [5.41, 5.74) is 3.64. The van der Waals surface area contributed by atoms with E-state index in [4.69, 9.17) is 0 Å². The van der Waals surface area contributed by atoms with Gasteiger partial charge in [0.25, 0.3) is 0 Å². The van der Waals surface area contributed by atoms with Gasteiger partial charge in [-0.15, -0.1) is 5.10 Å². The smallest absolute Gasteiger partial charge is 0.231 e. The van der Waals surface area contributed by atoms with Crippen LogP contribution < -0.4 is 4.90 Å². The molecule has 0 aliphatic carbocycles. The predicted octanol–water partition coefficient (Wildman–Crippen LogP) is 3.04. The molecule has 0 unspecified atom stereocenters. The lowest BCUT2D eigenvalue weighted by molar-refractivity contribution is 0.211. The van der Waals surface area contributed by atoms with Crippen molar-refractivity contribution in [2.45, 2.75) is 6.04 Å². The fourth-order valence-corrected chi connectivity index (χ4v) is 4.04. The van der Waals surface area contributed by atoms with Crippen LogP contribution in [0.2, 0.25) is 0 Å². The zero-order chi connectivity index (χ0) is 18.8. The van der Waals surface area contributed by atoms with Crippen LogP contribution in [0.1, 0.15) is 17.2 Å². The van der Waals surface area contributed by atoms with Crippen LogP contribution in [0.3, 0.4) is 0 Å². The second-order valence-corrected chi connectivity index (χ2v) is 7.08. The zero-order valence-corrected chi connectivity index (χ0v) is 15.6. The quantitative estimate of drug-likeness (QED) is 0.553. The van der Waals surface area contributed by atoms with Gasteiger partial charge in [-0.2, -0.15) is 5.10 Å². The molecule has 1 aliphatic heterocycles. The highest BCUT2D eigenvalue weighted by Gasteiger charge is 2.27. The first-order valence-electron chi connectivity index (χ1n) is 9.63. The molecule has 0 radical (unpaired) electrons. The summed E-state index contributed by atoms with van der Waals surface area (Å²) in [5, 5.41) is 8.51. The Morgan fingerprint density at radius 2 is 1.39 bits per heavy atom. The monoisotopic (exact) mass is 370 g/mol. The molecule has 2 aromatic carbocycles. The lowest BCUT2D eigenvalue weighted by Gasteiger charge is -2.40. The number of fused-ring (bicyclic) bond motifs is 1. The van der Waals surface area contributed by atoms with Gasteiger partial charge in [0.15, 0.2) is 0 Å². The van der Waals surface area contributed by atoms with E-state index in [0.717, 1.165) is 37.6 Å². The van der Waals surface area contributed by atoms with Gasteiger partial charge in [-0.3, -0.25) is 9.30 Å². The first-order chi connectivity index (χ1) is 13.9. The highest BCUT2D eigenvalue weighted by Crippen LogP contribution is 2.30. The lowest BCUT2D eigenvalue weighted by Crippen LogP contribution is -2.48. The molecule has 0 spiro atoms. The average Bonchev–Trinajstić information content (AvgIpc) is 3.25. The maximum absolute atomic E-state index is 4.37. The normalized spacial score (nSPS) is 15.4. The topological polar surface area (TPSA) is 49.6 Å². The molecule has 3 heterocycles. The zero-order valence-electron chi connectivity index (χ0n) is 15.6. The van der Waals surface area contributed by atoms with Crippen molar-refractivity contribution in [2.75, 3.05) is 31.1 Å². The third-order valence-electron chi connectivity index (χ3n) is 5.41. The number of nitrogens with zero attached hydrogens (tertiary/aromatic N) is 6. The summed E-state index contributed by atoms with van der Waals surface area (Å²) >= 11 is 0. The molecule has 0 saturated carbocycles. The van der Waals surface area contributed by atoms with E-state index >= 15 is 0 Å². The molecule has 0 amide bonds. The predicted molar refractivity (Wildman–Crippen MR) is 109 cm³/mol. The van der Waals surface area contributed by atoms with E-state index in [-0.39, 0.29) is 6.04 Å². The van der Waals surface area contributed by atoms with Gasteiger partial charge in [0.05, 0.1) is 24.0 Å². The summed E-state index contributed by atoms with van der Waals surface area (Å²) in [4.78, 5) is 9.08. The molecule has 6 nitrogen and oxygen atoms in total. The van der Waals surface area contributed by atoms with Crippen LogP contribution in [0, 0.1) is 0 Å². The van der Waals surface area contributed by atoms with E-state index < -0.39 is 0 Å². The minimum atomic E-state index is 0.264. The molecule has 1 saturated heterocycles. The summed E-state index contributed by atoms with van der Waals surface area (Å²) in [6, 6.07) is 21.8. The van der Waals surface area contributed by atoms with Crippen molar-refractivity contribution in [1.29, 1.82) is 0 Å². The SMILES string of the molecule is c1ccc(C(c2ccccc2)N2CCN(c3nncc4cncn34)CC2)cc1. The van der Waals surface area contributed by atoms with Crippen molar-refractivity contribution in [3.8, 4) is 0 Å². The van der Waals surface area contributed by atoms with Crippen LogP contribution in [0.15, 0.2) is 79.4 Å². The second kappa shape index (κ2) is 7.40. The molecule has 1 aliphatic rings. The van der Waals surface area contributed by atoms with Gasteiger partial charge in [0.1, 0.15) is 6.33 Å². The summed E-state index contributed by atoms with van der Waals surface area (Å²) in [6.45, 7) is 3.73. The van der Waals surface area contributed by atoms with Crippen molar-refractivity contribution < 1.29 is 0 Å². The van der Waals surface area contributed by atoms with Gasteiger partial charge in [0.2, 0.25) is 5.95 Å². The number of aromatic nitrogens is 4. The lowest BCUT2D eigenvalue weighted by atomic mass is 9.96. The number of rotatable bonds is 4. The number of imidazole rings is 1. The van der Waals surface area contributed by atoms with Crippen LogP contribution >= 0.6 is 0 Å². The van der Waals surface area contributed by atoms with E-state index in [0.29, 0.717) is 0 Å². The van der Waals surface area contributed by atoms with Crippen LogP contribution in [-0.2, 0) is 0 Å². The third kappa shape index (κ3) is 3.12. The van der Waals surface area contributed by atoms with Gasteiger partial charge in [-0.25, -0.2) is 4.98 Å². The van der Waals surface area contributed by atoms with Crippen LogP contribution in [0.5, 0.6) is 0 Å². The molecular weight excluding hydrogens is 348 g/mol. The largest absolute Gasteiger partial charge is 0.338 e. The maximum Gasteiger partial charge on any atom is 0.231 e. The standard InChI is InChI=1S/C22H22N6/c1-3-7-18(8-4-1)21(19-9-5-2-6-10-19)26-11-13-27(14-12-26)22-25-24-16-20-15-23-17-28(20)22/h1-10,15-17,21H,11-14H2. The van der Waals surface area contributed by atoms with E-state index in [2.05, 4.69) is 85.6 Å². The highest BCUT2D eigenvalue weighted by molar-refractivity contribution is 5.48. The summed E-state index contributed by atoms with van der Waals surface area (Å²) in [6.07, 6.45) is 5.37. The van der Waals surface area contributed by atoms with Crippen molar-refractivity contribution in [3.63, 3.8) is 0 Å². The fourth-order valence-electron chi connectivity index (χ4n) is 4.04. The van der Waals surface area contributed by atoms with Crippen LogP contribution in [0.4, 0.5) is 5.95 Å². The van der Waals surface area contributed by atoms with Gasteiger partial charge in [-0.1, -0.05) is 60.7 Å². The van der Waals surface area contributed by atoms with E-state index in [1.165, 1.54) is 11.1 Å². The van der Waals surface area contributed by atoms with Crippen LogP contribution in [0.25, 0.3) is 5.52 Å². The molecule has 5 rings (SSSR count). The Labute approximate surface area is 164 Å². The Bertz CT molecular complexity index is 999. The number of benzene rings is 2. The van der Waals surface area contributed by atoms with E-state index in [1.807, 2.05) is 16.9 Å². The number of hydrogen-bond acceptors (Lipinski definition) is 5. The molecule has 6 heteroatoms. The minimum absolute atomic E-state index is 0.264. The molecule has 0 atom stereocenters. The molecule has 28 heavy (non-hydrogen) atoms. The average molecular weight is 370 g/mol. The first kappa shape index (κ1) is 16.9. The van der Waals surface area contributed by atoms with Crippen molar-refractivity contribution in [2.24, 2.45) is 0 Å². The minimum Gasteiger partial charge on any atom is -0.338 e. The van der Waals surface area contributed by atoms with Crippen molar-refractivity contribution >= 4 is 11.5 Å². The van der Waals surface area contributed by atoms with Gasteiger partial charge in [-0.05, 0) is 11.1 Å². The van der Waals surface area contributed by atoms with Crippen molar-refractivity contribution in [3.05, 3.63) is 90.5 Å². The van der Waals surface area contributed by atoms with E-state index in [9.17, 15) is 0 Å². The maximum atomic E-state index is 4.37. The Kier molecular flexibility index (Phi) is 4.47. The van der Waals surface area contributed by atoms with E-state index in [1.54, 1.807) is 6.20 Å². The summed E-state index contributed by atoms with van der Waals surface area (Å²) in [5.74, 6) is 0.866. The molecule has 2 aromatic heterocycles. The number of hydrogen-bond donors (Lipinski definition) is 0. The molecule has 1 fully saturated rings. The van der Waals surface area contributed by atoms with Crippen LogP contribution in [-0.4, -0.2) is 50.7 Å². The Morgan fingerprint density at radius 3 is 2.04 bits per heavy atom. The fraction of sp³-hybridized carbons (Fsp3) is 0.227. The Hall–Kier alpha value is -3.25. The molecule has 0 bridgehead atoms. The first-order valence-corrected chi connectivity index (χ1v) is 9.63. The second-order valence-electron chi connectivity index (χ2n) is 7.08. The Morgan fingerprint density at radius 1 is 0.750 bits per heavy atom. The summed E-state index contributed by atoms with van der Waals surface area (Å²) < 4.78 is 2.01. The molecule has 4 aromatic rings. The third-order valence-corrected chi connectivity index (χ3v) is 5.41. The molecule has 0 N–H and O–H groups in total. The van der Waals surface area contributed by atoms with Gasteiger partial charge in [0, 0.05) is 26.2 Å². The number of anilines is 1. The van der Waals surface area contributed by atoms with Gasteiger partial charge < -0.3 is 4.90 Å². The van der Waals surface area contributed by atoms with Gasteiger partial charge >= 0.3 is 0 Å². The van der Waals surface area contributed by atoms with Crippen molar-refractivity contribution in [1.82, 2.24) is 24.5 Å². The number of piperazine rings is 1. The molecular formula is C22H22N6. The molecule has 140 valence electrons.